The number of hydrogen-bond donors (Lipinski definition) is 1. The molecular weight excluding hydrogens is 431 g/mol. The maximum absolute atomic E-state index is 13.0. The summed E-state index contributed by atoms with van der Waals surface area (Å²) in [6.07, 6.45) is 0. The molecule has 0 fully saturated rings. The molecular formula is C24H25FN2O4S. The molecule has 6 nitrogen and oxygen atoms in total. The number of nitrogens with zero attached hydrogens (tertiary/aromatic N) is 1. The summed E-state index contributed by atoms with van der Waals surface area (Å²) in [4.78, 5) is 12.8. The molecule has 0 bridgehead atoms. The number of benzene rings is 3. The predicted octanol–water partition coefficient (Wildman–Crippen LogP) is 3.89. The highest BCUT2D eigenvalue weighted by Crippen LogP contribution is 2.24. The minimum absolute atomic E-state index is 0.0263. The van der Waals surface area contributed by atoms with E-state index in [0.717, 1.165) is 11.1 Å². The summed E-state index contributed by atoms with van der Waals surface area (Å²) < 4.78 is 45.5. The number of carbonyl (C=O) groups is 1. The van der Waals surface area contributed by atoms with Gasteiger partial charge in [0.1, 0.15) is 11.6 Å². The zero-order valence-corrected chi connectivity index (χ0v) is 18.9. The average molecular weight is 457 g/mol. The van der Waals surface area contributed by atoms with E-state index in [-0.39, 0.29) is 29.7 Å². The Labute approximate surface area is 187 Å². The summed E-state index contributed by atoms with van der Waals surface area (Å²) in [5.74, 6) is -0.196. The molecule has 0 aliphatic rings. The van der Waals surface area contributed by atoms with Gasteiger partial charge in [0.2, 0.25) is 10.0 Å². The lowest BCUT2D eigenvalue weighted by Gasteiger charge is -2.19. The van der Waals surface area contributed by atoms with E-state index in [1.54, 1.807) is 54.6 Å². The fourth-order valence-electron chi connectivity index (χ4n) is 3.15. The smallest absolute Gasteiger partial charge is 0.251 e. The highest BCUT2D eigenvalue weighted by molar-refractivity contribution is 7.89. The second-order valence-electron chi connectivity index (χ2n) is 7.41. The van der Waals surface area contributed by atoms with Crippen molar-refractivity contribution in [2.75, 3.05) is 14.2 Å². The van der Waals surface area contributed by atoms with Gasteiger partial charge < -0.3 is 10.1 Å². The highest BCUT2D eigenvalue weighted by atomic mass is 32.2. The van der Waals surface area contributed by atoms with E-state index >= 15 is 0 Å². The van der Waals surface area contributed by atoms with Crippen LogP contribution in [0.5, 0.6) is 5.75 Å². The molecule has 168 valence electrons. The van der Waals surface area contributed by atoms with Gasteiger partial charge in [-0.05, 0) is 55.0 Å². The van der Waals surface area contributed by atoms with E-state index in [0.29, 0.717) is 16.9 Å². The summed E-state index contributed by atoms with van der Waals surface area (Å²) in [6.45, 7) is 2.15. The number of aryl methyl sites for hydroxylation is 1. The summed E-state index contributed by atoms with van der Waals surface area (Å²) in [6, 6.07) is 17.3. The number of rotatable bonds is 8. The number of amides is 1. The Balaban J connectivity index is 1.77. The fraction of sp³-hybridized carbons (Fsp3) is 0.208. The lowest BCUT2D eigenvalue weighted by atomic mass is 10.1. The van der Waals surface area contributed by atoms with Gasteiger partial charge in [0.15, 0.2) is 0 Å². The van der Waals surface area contributed by atoms with E-state index in [9.17, 15) is 17.6 Å². The number of halogens is 1. The largest absolute Gasteiger partial charge is 0.496 e. The monoisotopic (exact) mass is 456 g/mol. The van der Waals surface area contributed by atoms with Crippen molar-refractivity contribution < 1.29 is 22.3 Å². The SMILES string of the molecule is COc1ccc(C(=O)NCc2ccc(F)cc2)cc1CN(C)S(=O)(=O)c1ccc(C)cc1. The second kappa shape index (κ2) is 9.93. The topological polar surface area (TPSA) is 75.7 Å². The number of carbonyl (C=O) groups excluding carboxylic acids is 1. The first-order valence-electron chi connectivity index (χ1n) is 9.93. The molecule has 0 saturated carbocycles. The molecule has 1 N–H and O–H groups in total. The average Bonchev–Trinajstić information content (AvgIpc) is 2.78. The van der Waals surface area contributed by atoms with Crippen molar-refractivity contribution in [3.8, 4) is 5.75 Å². The van der Waals surface area contributed by atoms with Gasteiger partial charge in [-0.2, -0.15) is 4.31 Å². The van der Waals surface area contributed by atoms with Crippen LogP contribution in [0.1, 0.15) is 27.0 Å². The molecule has 3 rings (SSSR count). The Morgan fingerprint density at radius 3 is 2.31 bits per heavy atom. The zero-order valence-electron chi connectivity index (χ0n) is 18.1. The molecule has 32 heavy (non-hydrogen) atoms. The van der Waals surface area contributed by atoms with Gasteiger partial charge in [-0.25, -0.2) is 12.8 Å². The van der Waals surface area contributed by atoms with E-state index in [1.165, 1.54) is 30.6 Å². The fourth-order valence-corrected chi connectivity index (χ4v) is 4.29. The molecule has 3 aromatic rings. The second-order valence-corrected chi connectivity index (χ2v) is 9.45. The van der Waals surface area contributed by atoms with Crippen molar-refractivity contribution in [3.63, 3.8) is 0 Å². The number of ether oxygens (including phenoxy) is 1. The molecule has 0 spiro atoms. The van der Waals surface area contributed by atoms with Gasteiger partial charge >= 0.3 is 0 Å². The minimum Gasteiger partial charge on any atom is -0.496 e. The Hall–Kier alpha value is -3.23. The van der Waals surface area contributed by atoms with Crippen molar-refractivity contribution in [2.45, 2.75) is 24.9 Å². The van der Waals surface area contributed by atoms with Crippen LogP contribution in [0.15, 0.2) is 71.6 Å². The van der Waals surface area contributed by atoms with Gasteiger partial charge in [-0.15, -0.1) is 0 Å². The third kappa shape index (κ3) is 5.52. The quantitative estimate of drug-likeness (QED) is 0.558. The Kier molecular flexibility index (Phi) is 7.27. The van der Waals surface area contributed by atoms with Gasteiger partial charge in [0, 0.05) is 31.3 Å². The predicted molar refractivity (Wildman–Crippen MR) is 120 cm³/mol. The van der Waals surface area contributed by atoms with Crippen LogP contribution in [0, 0.1) is 12.7 Å². The van der Waals surface area contributed by atoms with Crippen LogP contribution in [0.4, 0.5) is 4.39 Å². The van der Waals surface area contributed by atoms with E-state index in [2.05, 4.69) is 5.32 Å². The summed E-state index contributed by atoms with van der Waals surface area (Å²) in [5.41, 5.74) is 2.65. The van der Waals surface area contributed by atoms with Crippen molar-refractivity contribution >= 4 is 15.9 Å². The third-order valence-electron chi connectivity index (χ3n) is 5.03. The van der Waals surface area contributed by atoms with Crippen LogP contribution in [0.3, 0.4) is 0 Å². The molecule has 0 aliphatic carbocycles. The molecule has 0 aromatic heterocycles. The highest BCUT2D eigenvalue weighted by Gasteiger charge is 2.22. The van der Waals surface area contributed by atoms with Crippen LogP contribution in [-0.4, -0.2) is 32.8 Å². The third-order valence-corrected chi connectivity index (χ3v) is 6.85. The standard InChI is InChI=1S/C24H25FN2O4S/c1-17-4-11-22(12-5-17)32(29,30)27(2)16-20-14-19(8-13-23(20)31-3)24(28)26-15-18-6-9-21(25)10-7-18/h4-14H,15-16H2,1-3H3,(H,26,28). The van der Waals surface area contributed by atoms with Gasteiger partial charge in [-0.3, -0.25) is 4.79 Å². The van der Waals surface area contributed by atoms with E-state index < -0.39 is 10.0 Å². The molecule has 0 saturated heterocycles. The van der Waals surface area contributed by atoms with Crippen molar-refractivity contribution in [1.82, 2.24) is 9.62 Å². The van der Waals surface area contributed by atoms with Gasteiger partial charge in [0.05, 0.1) is 12.0 Å². The molecule has 1 amide bonds. The van der Waals surface area contributed by atoms with E-state index in [4.69, 9.17) is 4.74 Å². The summed E-state index contributed by atoms with van der Waals surface area (Å²) in [7, 11) is -0.745. The molecule has 3 aromatic carbocycles. The number of nitrogens with one attached hydrogen (secondary N) is 1. The van der Waals surface area contributed by atoms with Crippen LogP contribution in [0.2, 0.25) is 0 Å². The molecule has 0 aliphatic heterocycles. The molecule has 8 heteroatoms. The Morgan fingerprint density at radius 2 is 1.69 bits per heavy atom. The lowest BCUT2D eigenvalue weighted by molar-refractivity contribution is 0.0950. The van der Waals surface area contributed by atoms with Crippen LogP contribution in [-0.2, 0) is 23.1 Å². The van der Waals surface area contributed by atoms with Crippen LogP contribution in [0.25, 0.3) is 0 Å². The minimum atomic E-state index is -3.72. The maximum atomic E-state index is 13.0. The first-order valence-corrected chi connectivity index (χ1v) is 11.4. The molecule has 0 unspecified atom stereocenters. The van der Waals surface area contributed by atoms with Crippen molar-refractivity contribution in [3.05, 3.63) is 94.8 Å². The Morgan fingerprint density at radius 1 is 1.03 bits per heavy atom. The lowest BCUT2D eigenvalue weighted by Crippen LogP contribution is -2.27. The van der Waals surface area contributed by atoms with E-state index in [1.807, 2.05) is 6.92 Å². The maximum Gasteiger partial charge on any atom is 0.251 e. The molecule has 0 atom stereocenters. The first-order chi connectivity index (χ1) is 15.2. The number of sulfonamides is 1. The first kappa shape index (κ1) is 23.4. The number of methoxy groups -OCH3 is 1. The normalized spacial score (nSPS) is 11.4. The van der Waals surface area contributed by atoms with Crippen LogP contribution >= 0.6 is 0 Å². The van der Waals surface area contributed by atoms with Crippen molar-refractivity contribution in [2.24, 2.45) is 0 Å². The Bertz CT molecular complexity index is 1190. The molecule has 0 radical (unpaired) electrons. The summed E-state index contributed by atoms with van der Waals surface area (Å²) >= 11 is 0. The molecule has 0 heterocycles. The van der Waals surface area contributed by atoms with Crippen LogP contribution < -0.4 is 10.1 Å². The zero-order chi connectivity index (χ0) is 23.3. The van der Waals surface area contributed by atoms with Crippen molar-refractivity contribution in [1.29, 1.82) is 0 Å². The van der Waals surface area contributed by atoms with Gasteiger partial charge in [-0.1, -0.05) is 29.8 Å². The van der Waals surface area contributed by atoms with Gasteiger partial charge in [0.25, 0.3) is 5.91 Å². The summed E-state index contributed by atoms with van der Waals surface area (Å²) in [5, 5.41) is 2.78. The number of hydrogen-bond acceptors (Lipinski definition) is 4.